The van der Waals surface area contributed by atoms with E-state index >= 15 is 0 Å². The van der Waals surface area contributed by atoms with Gasteiger partial charge in [-0.05, 0) is 36.8 Å². The second-order valence-electron chi connectivity index (χ2n) is 4.39. The summed E-state index contributed by atoms with van der Waals surface area (Å²) in [7, 11) is 0. The number of amides is 1. The van der Waals surface area contributed by atoms with Crippen LogP contribution in [0.2, 0.25) is 5.02 Å². The highest BCUT2D eigenvalue weighted by molar-refractivity contribution is 6.30. The fourth-order valence-electron chi connectivity index (χ4n) is 1.55. The molecule has 2 rings (SSSR count). The van der Waals surface area contributed by atoms with Gasteiger partial charge in [0.1, 0.15) is 0 Å². The zero-order valence-electron chi connectivity index (χ0n) is 11.5. The molecule has 0 aromatic heterocycles. The van der Waals surface area contributed by atoms with E-state index in [2.05, 4.69) is 10.5 Å². The van der Waals surface area contributed by atoms with Crippen molar-refractivity contribution < 1.29 is 9.63 Å². The molecule has 1 atom stereocenters. The van der Waals surface area contributed by atoms with E-state index in [1.54, 1.807) is 37.4 Å². The zero-order valence-corrected chi connectivity index (χ0v) is 12.2. The lowest BCUT2D eigenvalue weighted by atomic mass is 10.2. The van der Waals surface area contributed by atoms with Gasteiger partial charge in [-0.3, -0.25) is 4.79 Å². The molecule has 0 saturated carbocycles. The van der Waals surface area contributed by atoms with Crippen LogP contribution in [0.3, 0.4) is 0 Å². The Hall–Kier alpha value is -2.33. The molecule has 2 aromatic carbocycles. The summed E-state index contributed by atoms with van der Waals surface area (Å²) in [4.78, 5) is 17.0. The lowest BCUT2D eigenvalue weighted by molar-refractivity contribution is -0.126. The summed E-state index contributed by atoms with van der Waals surface area (Å²) in [6.07, 6.45) is 0.868. The highest BCUT2D eigenvalue weighted by atomic mass is 35.5. The van der Waals surface area contributed by atoms with Crippen molar-refractivity contribution in [2.75, 3.05) is 5.32 Å². The van der Waals surface area contributed by atoms with Crippen LogP contribution in [-0.4, -0.2) is 18.2 Å². The lowest BCUT2D eigenvalue weighted by Crippen LogP contribution is -2.26. The summed E-state index contributed by atoms with van der Waals surface area (Å²) >= 11 is 5.78. The van der Waals surface area contributed by atoms with Crippen molar-refractivity contribution in [2.45, 2.75) is 13.0 Å². The Morgan fingerprint density at radius 1 is 1.19 bits per heavy atom. The molecule has 2 aromatic rings. The van der Waals surface area contributed by atoms with Gasteiger partial charge in [-0.25, -0.2) is 0 Å². The monoisotopic (exact) mass is 302 g/mol. The van der Waals surface area contributed by atoms with Crippen LogP contribution in [0.4, 0.5) is 5.69 Å². The summed E-state index contributed by atoms with van der Waals surface area (Å²) in [5.41, 5.74) is 1.56. The van der Waals surface area contributed by atoms with Gasteiger partial charge in [0.05, 0.1) is 6.21 Å². The number of hydrogen-bond donors (Lipinski definition) is 1. The second-order valence-corrected chi connectivity index (χ2v) is 4.83. The van der Waals surface area contributed by atoms with Crippen LogP contribution < -0.4 is 5.32 Å². The van der Waals surface area contributed by atoms with Crippen LogP contribution in [0.5, 0.6) is 0 Å². The Bertz CT molecular complexity index is 612. The minimum absolute atomic E-state index is 0.275. The molecule has 0 aliphatic rings. The topological polar surface area (TPSA) is 50.7 Å². The van der Waals surface area contributed by atoms with Gasteiger partial charge in [0.2, 0.25) is 6.10 Å². The number of halogens is 1. The fraction of sp³-hybridized carbons (Fsp3) is 0.125. The van der Waals surface area contributed by atoms with Crippen molar-refractivity contribution >= 4 is 29.4 Å². The van der Waals surface area contributed by atoms with Gasteiger partial charge in [0.25, 0.3) is 5.91 Å². The largest absolute Gasteiger partial charge is 0.383 e. The Kier molecular flexibility index (Phi) is 5.35. The summed E-state index contributed by atoms with van der Waals surface area (Å²) in [5.74, 6) is -0.275. The van der Waals surface area contributed by atoms with Gasteiger partial charge in [-0.2, -0.15) is 0 Å². The molecule has 4 nitrogen and oxygen atoms in total. The van der Waals surface area contributed by atoms with E-state index in [0.717, 1.165) is 5.56 Å². The van der Waals surface area contributed by atoms with Gasteiger partial charge < -0.3 is 10.2 Å². The predicted octanol–water partition coefficient (Wildman–Crippen LogP) is 3.72. The number of hydrogen-bond acceptors (Lipinski definition) is 3. The fourth-order valence-corrected chi connectivity index (χ4v) is 1.67. The van der Waals surface area contributed by atoms with Crippen molar-refractivity contribution in [1.82, 2.24) is 0 Å². The van der Waals surface area contributed by atoms with Crippen molar-refractivity contribution in [1.29, 1.82) is 0 Å². The van der Waals surface area contributed by atoms with Crippen LogP contribution in [0.1, 0.15) is 12.5 Å². The zero-order chi connectivity index (χ0) is 15.1. The Morgan fingerprint density at radius 2 is 1.86 bits per heavy atom. The molecule has 5 heteroatoms. The number of anilines is 1. The maximum Gasteiger partial charge on any atom is 0.267 e. The van der Waals surface area contributed by atoms with E-state index < -0.39 is 6.10 Å². The molecule has 108 valence electrons. The summed E-state index contributed by atoms with van der Waals surface area (Å²) in [6, 6.07) is 16.4. The standard InChI is InChI=1S/C16H15ClN2O2/c1-12(21-18-11-13-5-3-2-4-6-13)16(20)19-15-9-7-14(17)8-10-15/h2-12H,1H3,(H,19,20)/b18-11-/t12-/m1/s1. The van der Waals surface area contributed by atoms with Crippen LogP contribution >= 0.6 is 11.6 Å². The number of oxime groups is 1. The Balaban J connectivity index is 1.85. The molecule has 0 unspecified atom stereocenters. The number of rotatable bonds is 5. The quantitative estimate of drug-likeness (QED) is 0.676. The molecule has 0 aliphatic heterocycles. The highest BCUT2D eigenvalue weighted by Crippen LogP contribution is 2.13. The molecule has 0 bridgehead atoms. The molecule has 0 fully saturated rings. The molecular weight excluding hydrogens is 288 g/mol. The maximum atomic E-state index is 11.9. The molecule has 1 N–H and O–H groups in total. The van der Waals surface area contributed by atoms with E-state index in [1.807, 2.05) is 30.3 Å². The van der Waals surface area contributed by atoms with Crippen LogP contribution in [0.15, 0.2) is 59.8 Å². The first-order valence-corrected chi connectivity index (χ1v) is 6.83. The molecule has 21 heavy (non-hydrogen) atoms. The normalized spacial score (nSPS) is 12.1. The van der Waals surface area contributed by atoms with Crippen LogP contribution in [0.25, 0.3) is 0 Å². The predicted molar refractivity (Wildman–Crippen MR) is 84.7 cm³/mol. The first kappa shape index (κ1) is 15.1. The van der Waals surface area contributed by atoms with E-state index in [9.17, 15) is 4.79 Å². The Labute approximate surface area is 128 Å². The van der Waals surface area contributed by atoms with E-state index in [0.29, 0.717) is 10.7 Å². The molecule has 0 heterocycles. The molecular formula is C16H15ClN2O2. The lowest BCUT2D eigenvalue weighted by Gasteiger charge is -2.10. The number of nitrogens with one attached hydrogen (secondary N) is 1. The highest BCUT2D eigenvalue weighted by Gasteiger charge is 2.13. The first-order chi connectivity index (χ1) is 10.1. The maximum absolute atomic E-state index is 11.9. The molecule has 1 amide bonds. The van der Waals surface area contributed by atoms with E-state index in [4.69, 9.17) is 16.4 Å². The summed E-state index contributed by atoms with van der Waals surface area (Å²) < 4.78 is 0. The smallest absolute Gasteiger partial charge is 0.267 e. The molecule has 0 aliphatic carbocycles. The number of benzene rings is 2. The molecule has 0 radical (unpaired) electrons. The minimum Gasteiger partial charge on any atom is -0.383 e. The van der Waals surface area contributed by atoms with Gasteiger partial charge >= 0.3 is 0 Å². The van der Waals surface area contributed by atoms with Crippen molar-refractivity contribution in [3.63, 3.8) is 0 Å². The van der Waals surface area contributed by atoms with Gasteiger partial charge in [-0.1, -0.05) is 47.1 Å². The van der Waals surface area contributed by atoms with Crippen molar-refractivity contribution in [3.8, 4) is 0 Å². The second kappa shape index (κ2) is 7.45. The van der Waals surface area contributed by atoms with E-state index in [-0.39, 0.29) is 5.91 Å². The van der Waals surface area contributed by atoms with Crippen LogP contribution in [0, 0.1) is 0 Å². The number of carbonyl (C=O) groups is 1. The van der Waals surface area contributed by atoms with Gasteiger partial charge in [-0.15, -0.1) is 0 Å². The number of nitrogens with zero attached hydrogens (tertiary/aromatic N) is 1. The van der Waals surface area contributed by atoms with Gasteiger partial charge in [0.15, 0.2) is 0 Å². The van der Waals surface area contributed by atoms with Crippen molar-refractivity contribution in [3.05, 3.63) is 65.2 Å². The number of carbonyl (C=O) groups excluding carboxylic acids is 1. The van der Waals surface area contributed by atoms with Crippen LogP contribution in [-0.2, 0) is 9.63 Å². The molecule has 0 saturated heterocycles. The summed E-state index contributed by atoms with van der Waals surface area (Å²) in [5, 5.41) is 7.15. The average Bonchev–Trinajstić information content (AvgIpc) is 2.50. The third-order valence-electron chi connectivity index (χ3n) is 2.70. The average molecular weight is 303 g/mol. The summed E-state index contributed by atoms with van der Waals surface area (Å²) in [6.45, 7) is 1.63. The van der Waals surface area contributed by atoms with E-state index in [1.165, 1.54) is 0 Å². The van der Waals surface area contributed by atoms with Gasteiger partial charge in [0, 0.05) is 10.7 Å². The Morgan fingerprint density at radius 3 is 2.52 bits per heavy atom. The first-order valence-electron chi connectivity index (χ1n) is 6.46. The minimum atomic E-state index is -0.694. The SMILES string of the molecule is C[C@@H](O/N=C\c1ccccc1)C(=O)Nc1ccc(Cl)cc1. The van der Waals surface area contributed by atoms with Crippen molar-refractivity contribution in [2.24, 2.45) is 5.16 Å². The molecule has 0 spiro atoms. The third kappa shape index (κ3) is 4.93. The third-order valence-corrected chi connectivity index (χ3v) is 2.95.